The molecule has 30 heavy (non-hydrogen) atoms. The number of hydrogen-bond donors (Lipinski definition) is 0. The molecule has 3 unspecified atom stereocenters. The summed E-state index contributed by atoms with van der Waals surface area (Å²) in [6.45, 7) is 5.00. The monoisotopic (exact) mass is 412 g/mol. The van der Waals surface area contributed by atoms with E-state index < -0.39 is 11.6 Å². The molecule has 0 radical (unpaired) electrons. The van der Waals surface area contributed by atoms with Gasteiger partial charge in [-0.1, -0.05) is 37.1 Å². The van der Waals surface area contributed by atoms with Crippen molar-refractivity contribution in [2.45, 2.75) is 46.0 Å². The average Bonchev–Trinajstić information content (AvgIpc) is 3.34. The summed E-state index contributed by atoms with van der Waals surface area (Å²) >= 11 is 0. The fourth-order valence-electron chi connectivity index (χ4n) is 5.14. The predicted octanol–water partition coefficient (Wildman–Crippen LogP) is 7.18. The zero-order valence-corrected chi connectivity index (χ0v) is 17.8. The van der Waals surface area contributed by atoms with Crippen molar-refractivity contribution in [3.05, 3.63) is 59.7 Å². The third-order valence-electron chi connectivity index (χ3n) is 6.61. The van der Waals surface area contributed by atoms with E-state index in [1.807, 2.05) is 12.1 Å². The van der Waals surface area contributed by atoms with E-state index in [1.165, 1.54) is 38.2 Å². The first kappa shape index (κ1) is 20.9. The summed E-state index contributed by atoms with van der Waals surface area (Å²) in [6, 6.07) is 10.3. The largest absolute Gasteiger partial charge is 0.493 e. The molecule has 2 aliphatic rings. The molecule has 2 nitrogen and oxygen atoms in total. The predicted molar refractivity (Wildman–Crippen MR) is 116 cm³/mol. The van der Waals surface area contributed by atoms with E-state index in [1.54, 1.807) is 30.7 Å². The lowest BCUT2D eigenvalue weighted by Crippen LogP contribution is -2.18. The van der Waals surface area contributed by atoms with Crippen LogP contribution in [0.2, 0.25) is 0 Å². The molecular weight excluding hydrogens is 382 g/mol. The Morgan fingerprint density at radius 2 is 1.73 bits per heavy atom. The van der Waals surface area contributed by atoms with Crippen LogP contribution in [0.1, 0.15) is 46.0 Å². The molecule has 0 amide bonds. The normalized spacial score (nSPS) is 22.7. The van der Waals surface area contributed by atoms with E-state index >= 15 is 0 Å². The van der Waals surface area contributed by atoms with E-state index in [9.17, 15) is 8.78 Å². The Kier molecular flexibility index (Phi) is 6.40. The first-order chi connectivity index (χ1) is 14.6. The summed E-state index contributed by atoms with van der Waals surface area (Å²) in [5.41, 5.74) is 2.51. The van der Waals surface area contributed by atoms with Gasteiger partial charge in [-0.2, -0.15) is 4.39 Å². The number of allylic oxidation sites excluding steroid dienone is 2. The molecule has 2 aromatic carbocycles. The van der Waals surface area contributed by atoms with E-state index in [0.717, 1.165) is 24.2 Å². The molecule has 1 fully saturated rings. The van der Waals surface area contributed by atoms with Gasteiger partial charge in [0, 0.05) is 5.56 Å². The van der Waals surface area contributed by atoms with Crippen LogP contribution >= 0.6 is 0 Å². The molecule has 0 heterocycles. The second-order valence-electron chi connectivity index (χ2n) is 8.38. The summed E-state index contributed by atoms with van der Waals surface area (Å²) in [7, 11) is 0. The summed E-state index contributed by atoms with van der Waals surface area (Å²) in [6.07, 6.45) is 8.62. The lowest BCUT2D eigenvalue weighted by Gasteiger charge is -2.20. The Bertz CT molecular complexity index is 904. The van der Waals surface area contributed by atoms with Gasteiger partial charge in [0.25, 0.3) is 0 Å². The van der Waals surface area contributed by atoms with Gasteiger partial charge < -0.3 is 9.47 Å². The maximum Gasteiger partial charge on any atom is 0.201 e. The highest BCUT2D eigenvalue weighted by molar-refractivity contribution is 5.66. The molecule has 160 valence electrons. The van der Waals surface area contributed by atoms with Crippen LogP contribution in [0.25, 0.3) is 11.1 Å². The first-order valence-corrected chi connectivity index (χ1v) is 11.1. The molecule has 2 aromatic rings. The topological polar surface area (TPSA) is 18.5 Å². The quantitative estimate of drug-likeness (QED) is 0.428. The Morgan fingerprint density at radius 3 is 2.47 bits per heavy atom. The second kappa shape index (κ2) is 9.20. The van der Waals surface area contributed by atoms with Gasteiger partial charge in [0.1, 0.15) is 5.75 Å². The van der Waals surface area contributed by atoms with Gasteiger partial charge in [0.2, 0.25) is 5.82 Å². The second-order valence-corrected chi connectivity index (χ2v) is 8.38. The van der Waals surface area contributed by atoms with Crippen LogP contribution in [-0.4, -0.2) is 13.2 Å². The summed E-state index contributed by atoms with van der Waals surface area (Å²) in [4.78, 5) is 0. The summed E-state index contributed by atoms with van der Waals surface area (Å²) in [5.74, 6) is 0.968. The number of ether oxygens (including phenoxy) is 2. The highest BCUT2D eigenvalue weighted by Crippen LogP contribution is 2.49. The Hall–Kier alpha value is -2.36. The maximum atomic E-state index is 14.4. The molecule has 4 heteroatoms. The fraction of sp³-hybridized carbons (Fsp3) is 0.462. The van der Waals surface area contributed by atoms with Gasteiger partial charge in [-0.3, -0.25) is 0 Å². The molecule has 4 rings (SSSR count). The lowest BCUT2D eigenvalue weighted by molar-refractivity contribution is 0.208. The molecule has 2 aliphatic carbocycles. The standard InChI is InChI=1S/C26H30F2O2/c1-3-5-17-8-12-22-19(9-13-21(17)22)16-30-20-10-6-18(7-11-20)23-14-15-24(29-4-2)26(28)25(23)27/h6-8,10-11,14-15,19,21-22H,3-5,9,12-13,16H2,1-2H3. The van der Waals surface area contributed by atoms with Gasteiger partial charge in [-0.05, 0) is 80.2 Å². The van der Waals surface area contributed by atoms with E-state index in [4.69, 9.17) is 9.47 Å². The zero-order chi connectivity index (χ0) is 21.1. The van der Waals surface area contributed by atoms with Crippen molar-refractivity contribution < 1.29 is 18.3 Å². The van der Waals surface area contributed by atoms with E-state index in [-0.39, 0.29) is 11.3 Å². The van der Waals surface area contributed by atoms with Crippen LogP contribution in [0.3, 0.4) is 0 Å². The molecule has 0 spiro atoms. The molecule has 0 saturated heterocycles. The minimum absolute atomic E-state index is 0.0583. The highest BCUT2D eigenvalue weighted by Gasteiger charge is 2.40. The van der Waals surface area contributed by atoms with Crippen molar-refractivity contribution in [2.24, 2.45) is 17.8 Å². The van der Waals surface area contributed by atoms with Crippen LogP contribution < -0.4 is 9.47 Å². The van der Waals surface area contributed by atoms with Crippen LogP contribution in [-0.2, 0) is 0 Å². The molecule has 0 aliphatic heterocycles. The van der Waals surface area contributed by atoms with Crippen LogP contribution in [0, 0.1) is 29.4 Å². The third kappa shape index (κ3) is 4.10. The maximum absolute atomic E-state index is 14.4. The lowest BCUT2D eigenvalue weighted by atomic mass is 9.88. The fourth-order valence-corrected chi connectivity index (χ4v) is 5.14. The number of fused-ring (bicyclic) bond motifs is 1. The van der Waals surface area contributed by atoms with Gasteiger partial charge in [-0.25, -0.2) is 4.39 Å². The smallest absolute Gasteiger partial charge is 0.201 e. The van der Waals surface area contributed by atoms with E-state index in [2.05, 4.69) is 13.0 Å². The molecule has 1 saturated carbocycles. The first-order valence-electron chi connectivity index (χ1n) is 11.1. The number of halogens is 2. The van der Waals surface area contributed by atoms with Crippen molar-refractivity contribution in [1.82, 2.24) is 0 Å². The number of rotatable bonds is 8. The van der Waals surface area contributed by atoms with Crippen LogP contribution in [0.4, 0.5) is 8.78 Å². The van der Waals surface area contributed by atoms with Gasteiger partial charge in [-0.15, -0.1) is 0 Å². The van der Waals surface area contributed by atoms with E-state index in [0.29, 0.717) is 18.1 Å². The molecule has 0 N–H and O–H groups in total. The van der Waals surface area contributed by atoms with Crippen LogP contribution in [0.15, 0.2) is 48.0 Å². The van der Waals surface area contributed by atoms with Crippen molar-refractivity contribution in [1.29, 1.82) is 0 Å². The Labute approximate surface area is 177 Å². The molecular formula is C26H30F2O2. The average molecular weight is 413 g/mol. The van der Waals surface area contributed by atoms with Crippen molar-refractivity contribution in [2.75, 3.05) is 13.2 Å². The molecule has 3 atom stereocenters. The molecule has 0 aromatic heterocycles. The van der Waals surface area contributed by atoms with Crippen molar-refractivity contribution >= 4 is 0 Å². The molecule has 0 bridgehead atoms. The number of hydrogen-bond acceptors (Lipinski definition) is 2. The SMILES string of the molecule is CCCC1=CCC2C(COc3ccc(-c4ccc(OCC)c(F)c4F)cc3)CCC12. The minimum Gasteiger partial charge on any atom is -0.493 e. The number of benzene rings is 2. The highest BCUT2D eigenvalue weighted by atomic mass is 19.2. The van der Waals surface area contributed by atoms with Gasteiger partial charge in [0.15, 0.2) is 11.6 Å². The Morgan fingerprint density at radius 1 is 0.933 bits per heavy atom. The Balaban J connectivity index is 1.38. The summed E-state index contributed by atoms with van der Waals surface area (Å²) < 4.78 is 39.8. The van der Waals surface area contributed by atoms with Crippen LogP contribution in [0.5, 0.6) is 11.5 Å². The van der Waals surface area contributed by atoms with Crippen molar-refractivity contribution in [3.8, 4) is 22.6 Å². The minimum atomic E-state index is -0.946. The third-order valence-corrected chi connectivity index (χ3v) is 6.61. The summed E-state index contributed by atoms with van der Waals surface area (Å²) in [5, 5.41) is 0. The zero-order valence-electron chi connectivity index (χ0n) is 17.8. The van der Waals surface area contributed by atoms with Gasteiger partial charge >= 0.3 is 0 Å². The van der Waals surface area contributed by atoms with Crippen molar-refractivity contribution in [3.63, 3.8) is 0 Å². The van der Waals surface area contributed by atoms with Gasteiger partial charge in [0.05, 0.1) is 13.2 Å².